The first-order valence-electron chi connectivity index (χ1n) is 8.09. The second-order valence-electron chi connectivity index (χ2n) is 6.39. The molecule has 2 heterocycles. The van der Waals surface area contributed by atoms with Crippen LogP contribution >= 0.6 is 0 Å². The van der Waals surface area contributed by atoms with Crippen molar-refractivity contribution in [1.82, 2.24) is 15.5 Å². The van der Waals surface area contributed by atoms with Gasteiger partial charge in [-0.05, 0) is 32.6 Å². The van der Waals surface area contributed by atoms with Crippen molar-refractivity contribution in [3.63, 3.8) is 0 Å². The summed E-state index contributed by atoms with van der Waals surface area (Å²) in [5.74, 6) is 0.596. The number of rotatable bonds is 3. The van der Waals surface area contributed by atoms with Gasteiger partial charge in [-0.3, -0.25) is 9.59 Å². The van der Waals surface area contributed by atoms with Crippen LogP contribution in [-0.4, -0.2) is 61.1 Å². The maximum absolute atomic E-state index is 12.5. The van der Waals surface area contributed by atoms with Gasteiger partial charge in [0.2, 0.25) is 11.8 Å². The zero-order valence-electron chi connectivity index (χ0n) is 12.6. The van der Waals surface area contributed by atoms with Crippen molar-refractivity contribution in [3.05, 3.63) is 0 Å². The Kier molecular flexibility index (Phi) is 4.45. The third-order valence-corrected chi connectivity index (χ3v) is 4.68. The molecule has 1 saturated carbocycles. The van der Waals surface area contributed by atoms with Gasteiger partial charge in [0.25, 0.3) is 0 Å². The van der Waals surface area contributed by atoms with Gasteiger partial charge < -0.3 is 20.3 Å². The predicted molar refractivity (Wildman–Crippen MR) is 77.7 cm³/mol. The van der Waals surface area contributed by atoms with Crippen molar-refractivity contribution in [2.75, 3.05) is 26.2 Å². The van der Waals surface area contributed by atoms with E-state index >= 15 is 0 Å². The summed E-state index contributed by atoms with van der Waals surface area (Å²) in [6.45, 7) is 4.78. The van der Waals surface area contributed by atoms with Crippen LogP contribution in [0.4, 0.5) is 0 Å². The van der Waals surface area contributed by atoms with E-state index in [0.29, 0.717) is 6.61 Å². The Bertz CT molecular complexity index is 403. The first-order chi connectivity index (χ1) is 10.1. The van der Waals surface area contributed by atoms with E-state index in [9.17, 15) is 9.59 Å². The molecule has 6 nitrogen and oxygen atoms in total. The van der Waals surface area contributed by atoms with Crippen molar-refractivity contribution in [1.29, 1.82) is 0 Å². The third-order valence-electron chi connectivity index (χ3n) is 4.68. The molecule has 2 saturated heterocycles. The largest absolute Gasteiger partial charge is 0.375 e. The maximum Gasteiger partial charge on any atom is 0.242 e. The number of piperidine rings is 1. The van der Waals surface area contributed by atoms with E-state index in [4.69, 9.17) is 4.74 Å². The van der Waals surface area contributed by atoms with Crippen LogP contribution in [-0.2, 0) is 14.3 Å². The number of hydrogen-bond acceptors (Lipinski definition) is 4. The normalized spacial score (nSPS) is 31.0. The fraction of sp³-hybridized carbons (Fsp3) is 0.867. The Morgan fingerprint density at radius 1 is 1.19 bits per heavy atom. The fourth-order valence-electron chi connectivity index (χ4n) is 3.11. The molecule has 3 rings (SSSR count). The van der Waals surface area contributed by atoms with Crippen molar-refractivity contribution < 1.29 is 14.3 Å². The van der Waals surface area contributed by atoms with Gasteiger partial charge in [0.05, 0.1) is 12.7 Å². The summed E-state index contributed by atoms with van der Waals surface area (Å²) in [7, 11) is 0. The topological polar surface area (TPSA) is 70.7 Å². The predicted octanol–water partition coefficient (Wildman–Crippen LogP) is -0.119. The fourth-order valence-corrected chi connectivity index (χ4v) is 3.11. The van der Waals surface area contributed by atoms with Gasteiger partial charge in [-0.2, -0.15) is 0 Å². The van der Waals surface area contributed by atoms with Gasteiger partial charge in [0.1, 0.15) is 6.04 Å². The lowest BCUT2D eigenvalue weighted by Crippen LogP contribution is -2.58. The summed E-state index contributed by atoms with van der Waals surface area (Å²) in [5, 5.41) is 6.36. The minimum Gasteiger partial charge on any atom is -0.375 e. The highest BCUT2D eigenvalue weighted by Crippen LogP contribution is 2.29. The highest BCUT2D eigenvalue weighted by atomic mass is 16.5. The van der Waals surface area contributed by atoms with Gasteiger partial charge in [-0.15, -0.1) is 0 Å². The standard InChI is InChI=1S/C15H25N3O3/c1-10-13(16-6-9-21-10)15(20)18-7-4-12(5-8-18)17-14(19)11-2-3-11/h10-13,16H,2-9H2,1H3,(H,17,19)/t10-,13+/m1/s1. The molecule has 0 aromatic heterocycles. The van der Waals surface area contributed by atoms with Gasteiger partial charge in [0.15, 0.2) is 0 Å². The molecule has 0 radical (unpaired) electrons. The van der Waals surface area contributed by atoms with Gasteiger partial charge in [-0.1, -0.05) is 0 Å². The molecule has 21 heavy (non-hydrogen) atoms. The number of carbonyl (C=O) groups excluding carboxylic acids is 2. The Balaban J connectivity index is 1.46. The van der Waals surface area contributed by atoms with Crippen molar-refractivity contribution in [2.45, 2.75) is 50.8 Å². The molecule has 0 aromatic carbocycles. The molecule has 118 valence electrons. The molecule has 0 spiro atoms. The summed E-state index contributed by atoms with van der Waals surface area (Å²) >= 11 is 0. The molecule has 2 N–H and O–H groups in total. The number of morpholine rings is 1. The lowest BCUT2D eigenvalue weighted by atomic mass is 10.0. The Morgan fingerprint density at radius 3 is 2.52 bits per heavy atom. The average Bonchev–Trinajstić information content (AvgIpc) is 3.32. The molecular weight excluding hydrogens is 270 g/mol. The Labute approximate surface area is 125 Å². The quantitative estimate of drug-likeness (QED) is 0.761. The van der Waals surface area contributed by atoms with E-state index in [1.165, 1.54) is 0 Å². The minimum absolute atomic E-state index is 0.0708. The van der Waals surface area contributed by atoms with Crippen LogP contribution in [0.3, 0.4) is 0 Å². The molecule has 0 bridgehead atoms. The zero-order chi connectivity index (χ0) is 14.8. The second kappa shape index (κ2) is 6.32. The molecule has 3 fully saturated rings. The SMILES string of the molecule is C[C@H]1OCCN[C@@H]1C(=O)N1CCC(NC(=O)C2CC2)CC1. The summed E-state index contributed by atoms with van der Waals surface area (Å²) in [4.78, 5) is 26.2. The van der Waals surface area contributed by atoms with Crippen LogP contribution in [0.15, 0.2) is 0 Å². The summed E-state index contributed by atoms with van der Waals surface area (Å²) in [5.41, 5.74) is 0. The summed E-state index contributed by atoms with van der Waals surface area (Å²) in [6, 6.07) is 0.00601. The number of nitrogens with one attached hydrogen (secondary N) is 2. The van der Waals surface area contributed by atoms with Crippen LogP contribution < -0.4 is 10.6 Å². The van der Waals surface area contributed by atoms with Crippen LogP contribution in [0.5, 0.6) is 0 Å². The highest BCUT2D eigenvalue weighted by Gasteiger charge is 2.35. The number of likely N-dealkylation sites (tertiary alicyclic amines) is 1. The zero-order valence-corrected chi connectivity index (χ0v) is 12.6. The Hall–Kier alpha value is -1.14. The first-order valence-corrected chi connectivity index (χ1v) is 8.09. The minimum atomic E-state index is -0.226. The number of ether oxygens (including phenoxy) is 1. The van der Waals surface area contributed by atoms with Crippen LogP contribution in [0.2, 0.25) is 0 Å². The van der Waals surface area contributed by atoms with Gasteiger partial charge in [0, 0.05) is 31.6 Å². The van der Waals surface area contributed by atoms with Crippen LogP contribution in [0.25, 0.3) is 0 Å². The molecule has 2 aliphatic heterocycles. The van der Waals surface area contributed by atoms with E-state index in [1.807, 2.05) is 11.8 Å². The van der Waals surface area contributed by atoms with Gasteiger partial charge >= 0.3 is 0 Å². The number of nitrogens with zero attached hydrogens (tertiary/aromatic N) is 1. The molecule has 1 aliphatic carbocycles. The van der Waals surface area contributed by atoms with E-state index in [2.05, 4.69) is 10.6 Å². The van der Waals surface area contributed by atoms with Crippen LogP contribution in [0.1, 0.15) is 32.6 Å². The van der Waals surface area contributed by atoms with Gasteiger partial charge in [-0.25, -0.2) is 0 Å². The van der Waals surface area contributed by atoms with E-state index in [1.54, 1.807) is 0 Å². The smallest absolute Gasteiger partial charge is 0.242 e. The lowest BCUT2D eigenvalue weighted by molar-refractivity contribution is -0.140. The van der Waals surface area contributed by atoms with Crippen molar-refractivity contribution >= 4 is 11.8 Å². The lowest BCUT2D eigenvalue weighted by Gasteiger charge is -2.37. The molecule has 0 aromatic rings. The molecular formula is C15H25N3O3. The molecule has 6 heteroatoms. The molecule has 3 aliphatic rings. The highest BCUT2D eigenvalue weighted by molar-refractivity contribution is 5.83. The number of amides is 2. The summed E-state index contributed by atoms with van der Waals surface area (Å²) in [6.07, 6.45) is 3.71. The first kappa shape index (κ1) is 14.8. The van der Waals surface area contributed by atoms with Crippen molar-refractivity contribution in [3.8, 4) is 0 Å². The maximum atomic E-state index is 12.5. The number of hydrogen-bond donors (Lipinski definition) is 2. The third kappa shape index (κ3) is 3.55. The van der Waals surface area contributed by atoms with E-state index in [-0.39, 0.29) is 35.9 Å². The summed E-state index contributed by atoms with van der Waals surface area (Å²) < 4.78 is 5.54. The molecule has 0 unspecified atom stereocenters. The second-order valence-corrected chi connectivity index (χ2v) is 6.39. The van der Waals surface area contributed by atoms with E-state index in [0.717, 1.165) is 45.3 Å². The van der Waals surface area contributed by atoms with Crippen LogP contribution in [0, 0.1) is 5.92 Å². The molecule has 2 amide bonds. The monoisotopic (exact) mass is 295 g/mol. The average molecular weight is 295 g/mol. The van der Waals surface area contributed by atoms with E-state index < -0.39 is 0 Å². The molecule has 2 atom stereocenters. The Morgan fingerprint density at radius 2 is 1.90 bits per heavy atom. The van der Waals surface area contributed by atoms with Crippen molar-refractivity contribution in [2.24, 2.45) is 5.92 Å². The number of carbonyl (C=O) groups is 2.